The maximum Gasteiger partial charge on any atom is 0.121 e. The molecule has 2 saturated heterocycles. The second kappa shape index (κ2) is 11.3. The van der Waals surface area contributed by atoms with Crippen LogP contribution in [0.5, 0.6) is 0 Å². The van der Waals surface area contributed by atoms with Gasteiger partial charge in [0.15, 0.2) is 0 Å². The normalized spacial score (nSPS) is 22.5. The topological polar surface area (TPSA) is 64.6 Å². The quantitative estimate of drug-likeness (QED) is 0.465. The van der Waals surface area contributed by atoms with Crippen molar-refractivity contribution in [2.24, 2.45) is 0 Å². The molecule has 2 rings (SSSR count). The van der Waals surface area contributed by atoms with Gasteiger partial charge in [-0.3, -0.25) is 0 Å². The van der Waals surface area contributed by atoms with Gasteiger partial charge in [0.1, 0.15) is 33.6 Å². The summed E-state index contributed by atoms with van der Waals surface area (Å²) in [6, 6.07) is 0. The summed E-state index contributed by atoms with van der Waals surface area (Å²) in [7, 11) is 1.42. The number of ether oxygens (including phenoxy) is 2. The van der Waals surface area contributed by atoms with E-state index in [2.05, 4.69) is 27.9 Å². The highest BCUT2D eigenvalue weighted by Gasteiger charge is 2.22. The molecule has 0 aliphatic carbocycles. The van der Waals surface area contributed by atoms with Crippen molar-refractivity contribution in [2.45, 2.75) is 13.8 Å². The van der Waals surface area contributed by atoms with Gasteiger partial charge in [0.2, 0.25) is 0 Å². The van der Waals surface area contributed by atoms with E-state index < -0.39 is 7.40 Å². The van der Waals surface area contributed by atoms with Gasteiger partial charge in [-0.15, -0.1) is 0 Å². The van der Waals surface area contributed by atoms with E-state index in [0.717, 1.165) is 26.4 Å². The number of hydrogen-bond donors (Lipinski definition) is 0. The van der Waals surface area contributed by atoms with E-state index >= 15 is 0 Å². The Morgan fingerprint density at radius 3 is 1.18 bits per heavy atom. The van der Waals surface area contributed by atoms with Crippen molar-refractivity contribution in [1.29, 1.82) is 0 Å². The molecule has 0 amide bonds. The van der Waals surface area contributed by atoms with Crippen molar-refractivity contribution in [1.82, 2.24) is 0 Å². The van der Waals surface area contributed by atoms with Gasteiger partial charge >= 0.3 is 0 Å². The molecule has 0 spiro atoms. The smallest absolute Gasteiger partial charge is 0.121 e. The molecular formula is C14H32BFN2O4. The Balaban J connectivity index is 0.000000326. The van der Waals surface area contributed by atoms with Gasteiger partial charge in [-0.1, -0.05) is 0 Å². The highest BCUT2D eigenvalue weighted by atomic mass is 19.1. The third-order valence-electron chi connectivity index (χ3n) is 4.63. The van der Waals surface area contributed by atoms with Crippen LogP contribution in [0.1, 0.15) is 13.8 Å². The molecule has 0 aromatic carbocycles. The summed E-state index contributed by atoms with van der Waals surface area (Å²) in [5, 5.41) is 16.6. The molecule has 8 heteroatoms. The molecule has 0 atom stereocenters. The van der Waals surface area contributed by atoms with Crippen LogP contribution in [0.3, 0.4) is 0 Å². The van der Waals surface area contributed by atoms with Crippen molar-refractivity contribution in [2.75, 3.05) is 79.8 Å². The lowest BCUT2D eigenvalue weighted by Crippen LogP contribution is -2.51. The number of hydrogen-bond acceptors (Lipinski definition) is 4. The summed E-state index contributed by atoms with van der Waals surface area (Å²) in [5.41, 5.74) is 0. The number of likely N-dealkylation sites (N-methyl/N-ethyl adjacent to an activating group) is 2. The highest BCUT2D eigenvalue weighted by Crippen LogP contribution is 2.06. The summed E-state index contributed by atoms with van der Waals surface area (Å²) in [4.78, 5) is 0. The van der Waals surface area contributed by atoms with E-state index in [1.165, 1.54) is 48.2 Å². The summed E-state index contributed by atoms with van der Waals surface area (Å²) < 4.78 is 22.8. The van der Waals surface area contributed by atoms with Crippen molar-refractivity contribution >= 4 is 7.40 Å². The lowest BCUT2D eigenvalue weighted by molar-refractivity contribution is -0.915. The third-order valence-corrected chi connectivity index (χ3v) is 4.63. The molecule has 132 valence electrons. The largest absolute Gasteiger partial charge is 0.867 e. The van der Waals surface area contributed by atoms with Gasteiger partial charge in [0.05, 0.1) is 53.6 Å². The van der Waals surface area contributed by atoms with Gasteiger partial charge in [0, 0.05) is 0 Å². The average Bonchev–Trinajstić information content (AvgIpc) is 2.49. The Bertz CT molecular complexity index is 247. The van der Waals surface area contributed by atoms with E-state index in [1.54, 1.807) is 0 Å². The molecule has 0 bridgehead atoms. The Morgan fingerprint density at radius 2 is 1.05 bits per heavy atom. The molecule has 0 radical (unpaired) electrons. The summed E-state index contributed by atoms with van der Waals surface area (Å²) in [6.07, 6.45) is 0. The maximum atomic E-state index is 9.89. The van der Waals surface area contributed by atoms with Gasteiger partial charge < -0.3 is 32.8 Å². The number of rotatable bonds is 2. The molecule has 2 aliphatic heterocycles. The van der Waals surface area contributed by atoms with Crippen LogP contribution in [0.15, 0.2) is 0 Å². The molecule has 0 aromatic rings. The Labute approximate surface area is 134 Å². The van der Waals surface area contributed by atoms with Crippen LogP contribution in [-0.4, -0.2) is 96.2 Å². The van der Waals surface area contributed by atoms with E-state index in [0.29, 0.717) is 0 Å². The molecule has 0 saturated carbocycles. The second-order valence-electron chi connectivity index (χ2n) is 6.27. The van der Waals surface area contributed by atoms with Gasteiger partial charge in [-0.25, -0.2) is 0 Å². The SMILES string of the molecule is CC[N+]1(C)CCOCC1.CC[N+]1(C)CCOCC1.[O-]B([O-])F. The van der Waals surface area contributed by atoms with Gasteiger partial charge in [0.25, 0.3) is 0 Å². The van der Waals surface area contributed by atoms with Crippen LogP contribution in [0.25, 0.3) is 0 Å². The molecule has 6 nitrogen and oxygen atoms in total. The monoisotopic (exact) mass is 322 g/mol. The Kier molecular flexibility index (Phi) is 11.2. The van der Waals surface area contributed by atoms with E-state index in [9.17, 15) is 4.32 Å². The lowest BCUT2D eigenvalue weighted by atomic mass is 10.3. The fraction of sp³-hybridized carbons (Fsp3) is 1.00. The second-order valence-corrected chi connectivity index (χ2v) is 6.27. The first-order valence-electron chi connectivity index (χ1n) is 8.05. The highest BCUT2D eigenvalue weighted by molar-refractivity contribution is 6.27. The third kappa shape index (κ3) is 10.5. The minimum absolute atomic E-state index is 0.949. The van der Waals surface area contributed by atoms with Crippen LogP contribution in [-0.2, 0) is 9.47 Å². The van der Waals surface area contributed by atoms with E-state index in [-0.39, 0.29) is 0 Å². The van der Waals surface area contributed by atoms with Crippen LogP contribution in [0.2, 0.25) is 0 Å². The fourth-order valence-electron chi connectivity index (χ4n) is 2.20. The van der Waals surface area contributed by atoms with Crippen molar-refractivity contribution in [3.63, 3.8) is 0 Å². The van der Waals surface area contributed by atoms with Gasteiger partial charge in [-0.05, 0) is 13.8 Å². The number of nitrogens with zero attached hydrogens (tertiary/aromatic N) is 2. The first kappa shape index (κ1) is 21.8. The van der Waals surface area contributed by atoms with E-state index in [4.69, 9.17) is 19.5 Å². The zero-order valence-corrected chi connectivity index (χ0v) is 14.6. The summed E-state index contributed by atoms with van der Waals surface area (Å²) in [6.45, 7) is 15.5. The molecule has 2 heterocycles. The fourth-order valence-corrected chi connectivity index (χ4v) is 2.20. The number of halogens is 1. The van der Waals surface area contributed by atoms with Crippen LogP contribution < -0.4 is 10.0 Å². The summed E-state index contributed by atoms with van der Waals surface area (Å²) in [5.74, 6) is 0. The predicted molar refractivity (Wildman–Crippen MR) is 81.4 cm³/mol. The van der Waals surface area contributed by atoms with Crippen molar-refractivity contribution in [3.8, 4) is 0 Å². The Morgan fingerprint density at radius 1 is 0.818 bits per heavy atom. The standard InChI is InChI=1S/2C7H16NO.BFO2/c2*1-3-8(2)4-6-9-7-5-8;2-1(3)4/h2*3-7H2,1-2H3;/q2*+1;-2. The molecule has 2 fully saturated rings. The maximum absolute atomic E-state index is 9.89. The average molecular weight is 322 g/mol. The van der Waals surface area contributed by atoms with Crippen LogP contribution >= 0.6 is 0 Å². The molecule has 22 heavy (non-hydrogen) atoms. The molecule has 0 N–H and O–H groups in total. The lowest BCUT2D eigenvalue weighted by Gasteiger charge is -2.36. The minimum atomic E-state index is -3.17. The van der Waals surface area contributed by atoms with Crippen LogP contribution in [0.4, 0.5) is 4.32 Å². The van der Waals surface area contributed by atoms with Crippen LogP contribution in [0, 0.1) is 0 Å². The first-order chi connectivity index (χ1) is 10.3. The molecular weight excluding hydrogens is 290 g/mol. The molecule has 0 aromatic heterocycles. The molecule has 2 aliphatic rings. The van der Waals surface area contributed by atoms with E-state index in [1.807, 2.05) is 0 Å². The Hall–Kier alpha value is -0.245. The van der Waals surface area contributed by atoms with Crippen molar-refractivity contribution in [3.05, 3.63) is 0 Å². The zero-order valence-electron chi connectivity index (χ0n) is 14.6. The first-order valence-corrected chi connectivity index (χ1v) is 8.05. The molecule has 0 unspecified atom stereocenters. The minimum Gasteiger partial charge on any atom is -0.867 e. The summed E-state index contributed by atoms with van der Waals surface area (Å²) >= 11 is 0. The number of morpholine rings is 2. The zero-order chi connectivity index (χ0) is 17.1. The van der Waals surface area contributed by atoms with Crippen molar-refractivity contribution < 1.29 is 32.8 Å². The number of quaternary nitrogens is 2. The van der Waals surface area contributed by atoms with Gasteiger partial charge in [-0.2, -0.15) is 0 Å². The predicted octanol–water partition coefficient (Wildman–Crippen LogP) is -1.37.